The predicted octanol–water partition coefficient (Wildman–Crippen LogP) is 1.23. The van der Waals surface area contributed by atoms with Gasteiger partial charge in [0.05, 0.1) is 19.8 Å². The van der Waals surface area contributed by atoms with E-state index in [1.54, 1.807) is 6.92 Å². The minimum atomic E-state index is -0.108. The van der Waals surface area contributed by atoms with E-state index in [-0.39, 0.29) is 18.2 Å². The molecule has 0 atom stereocenters. The van der Waals surface area contributed by atoms with E-state index in [0.717, 1.165) is 32.0 Å². The molecule has 1 aromatic carbocycles. The number of ketones is 1. The van der Waals surface area contributed by atoms with Crippen LogP contribution in [0.3, 0.4) is 0 Å². The number of Topliss-reactive ketones (excluding diaryl/α,β-unsaturated/α-hetero) is 1. The van der Waals surface area contributed by atoms with Gasteiger partial charge in [0.25, 0.3) is 0 Å². The number of amides is 1. The summed E-state index contributed by atoms with van der Waals surface area (Å²) < 4.78 is 5.31. The van der Waals surface area contributed by atoms with E-state index in [0.29, 0.717) is 12.0 Å². The Hall–Kier alpha value is -1.88. The van der Waals surface area contributed by atoms with Crippen molar-refractivity contribution in [3.63, 3.8) is 0 Å². The molecule has 1 aliphatic rings. The van der Waals surface area contributed by atoms with Crippen LogP contribution in [0.15, 0.2) is 24.3 Å². The van der Waals surface area contributed by atoms with Crippen LogP contribution in [0.4, 0.5) is 5.69 Å². The Morgan fingerprint density at radius 1 is 1.20 bits per heavy atom. The lowest BCUT2D eigenvalue weighted by atomic mass is 10.1. The van der Waals surface area contributed by atoms with Crippen molar-refractivity contribution in [2.45, 2.75) is 13.3 Å². The van der Waals surface area contributed by atoms with Gasteiger partial charge in [0.15, 0.2) is 5.78 Å². The largest absolute Gasteiger partial charge is 0.378 e. The molecule has 0 radical (unpaired) electrons. The van der Waals surface area contributed by atoms with Crippen LogP contribution >= 0.6 is 0 Å². The van der Waals surface area contributed by atoms with Gasteiger partial charge in [-0.05, 0) is 24.3 Å². The van der Waals surface area contributed by atoms with Crippen LogP contribution in [-0.2, 0) is 9.53 Å². The fourth-order valence-electron chi connectivity index (χ4n) is 2.09. The Balaban J connectivity index is 1.93. The lowest BCUT2D eigenvalue weighted by Crippen LogP contribution is -2.36. The Bertz CT molecular complexity index is 465. The van der Waals surface area contributed by atoms with E-state index < -0.39 is 0 Å². The number of hydrogen-bond donors (Lipinski definition) is 1. The monoisotopic (exact) mass is 276 g/mol. The molecule has 1 saturated heterocycles. The first-order chi connectivity index (χ1) is 9.70. The van der Waals surface area contributed by atoms with Gasteiger partial charge in [-0.25, -0.2) is 0 Å². The molecule has 0 spiro atoms. The smallest absolute Gasteiger partial charge is 0.220 e. The van der Waals surface area contributed by atoms with Gasteiger partial charge < -0.3 is 15.0 Å². The van der Waals surface area contributed by atoms with E-state index in [1.165, 1.54) is 0 Å². The average Bonchev–Trinajstić information content (AvgIpc) is 2.53. The summed E-state index contributed by atoms with van der Waals surface area (Å²) in [5.74, 6) is -0.177. The van der Waals surface area contributed by atoms with Gasteiger partial charge in [-0.3, -0.25) is 9.59 Å². The number of benzene rings is 1. The van der Waals surface area contributed by atoms with Crippen molar-refractivity contribution in [3.8, 4) is 0 Å². The molecule has 0 bridgehead atoms. The second-order valence-electron chi connectivity index (χ2n) is 4.70. The minimum Gasteiger partial charge on any atom is -0.378 e. The summed E-state index contributed by atoms with van der Waals surface area (Å²) >= 11 is 0. The van der Waals surface area contributed by atoms with E-state index in [2.05, 4.69) is 10.2 Å². The predicted molar refractivity (Wildman–Crippen MR) is 77.1 cm³/mol. The third-order valence-corrected chi connectivity index (χ3v) is 3.33. The highest BCUT2D eigenvalue weighted by atomic mass is 16.5. The fourth-order valence-corrected chi connectivity index (χ4v) is 2.09. The summed E-state index contributed by atoms with van der Waals surface area (Å²) in [5.41, 5.74) is 1.72. The molecule has 108 valence electrons. The summed E-state index contributed by atoms with van der Waals surface area (Å²) in [6.45, 7) is 5.05. The number of carbonyl (C=O) groups is 2. The van der Waals surface area contributed by atoms with Gasteiger partial charge in [-0.15, -0.1) is 0 Å². The maximum absolute atomic E-state index is 11.9. The molecule has 20 heavy (non-hydrogen) atoms. The molecule has 1 heterocycles. The zero-order valence-corrected chi connectivity index (χ0v) is 11.7. The number of nitrogens with zero attached hydrogens (tertiary/aromatic N) is 1. The van der Waals surface area contributed by atoms with Crippen LogP contribution in [0.2, 0.25) is 0 Å². The molecule has 1 amide bonds. The van der Waals surface area contributed by atoms with Crippen LogP contribution in [0.5, 0.6) is 0 Å². The molecule has 5 heteroatoms. The Morgan fingerprint density at radius 2 is 1.85 bits per heavy atom. The lowest BCUT2D eigenvalue weighted by molar-refractivity contribution is -0.120. The quantitative estimate of drug-likeness (QED) is 0.822. The lowest BCUT2D eigenvalue weighted by Gasteiger charge is -2.28. The first kappa shape index (κ1) is 14.5. The number of anilines is 1. The molecule has 5 nitrogen and oxygen atoms in total. The van der Waals surface area contributed by atoms with Gasteiger partial charge in [0.2, 0.25) is 5.91 Å². The van der Waals surface area contributed by atoms with E-state index in [9.17, 15) is 9.59 Å². The Morgan fingerprint density at radius 3 is 2.45 bits per heavy atom. The Labute approximate surface area is 118 Å². The van der Waals surface area contributed by atoms with Gasteiger partial charge in [0.1, 0.15) is 0 Å². The molecule has 1 fully saturated rings. The van der Waals surface area contributed by atoms with Crippen molar-refractivity contribution in [1.29, 1.82) is 0 Å². The third-order valence-electron chi connectivity index (χ3n) is 3.33. The van der Waals surface area contributed by atoms with Gasteiger partial charge in [0, 0.05) is 30.8 Å². The van der Waals surface area contributed by atoms with Crippen LogP contribution in [-0.4, -0.2) is 44.5 Å². The molecule has 1 N–H and O–H groups in total. The van der Waals surface area contributed by atoms with Crippen LogP contribution in [0.25, 0.3) is 0 Å². The third kappa shape index (κ3) is 3.81. The van der Waals surface area contributed by atoms with Gasteiger partial charge in [-0.1, -0.05) is 6.92 Å². The minimum absolute atomic E-state index is 0.0591. The molecule has 2 rings (SSSR count). The molecular formula is C15H20N2O3. The number of ether oxygens (including phenoxy) is 1. The van der Waals surface area contributed by atoms with Crippen molar-refractivity contribution < 1.29 is 14.3 Å². The maximum Gasteiger partial charge on any atom is 0.220 e. The van der Waals surface area contributed by atoms with Crippen LogP contribution in [0, 0.1) is 0 Å². The number of hydrogen-bond acceptors (Lipinski definition) is 4. The summed E-state index contributed by atoms with van der Waals surface area (Å²) in [4.78, 5) is 25.3. The maximum atomic E-state index is 11.9. The number of carbonyl (C=O) groups excluding carboxylic acids is 2. The van der Waals surface area contributed by atoms with Crippen molar-refractivity contribution in [3.05, 3.63) is 29.8 Å². The van der Waals surface area contributed by atoms with E-state index in [1.807, 2.05) is 24.3 Å². The zero-order valence-electron chi connectivity index (χ0n) is 11.7. The van der Waals surface area contributed by atoms with E-state index in [4.69, 9.17) is 4.74 Å². The molecular weight excluding hydrogens is 256 g/mol. The molecule has 0 saturated carbocycles. The molecule has 0 aliphatic carbocycles. The molecule has 1 aromatic rings. The topological polar surface area (TPSA) is 58.6 Å². The summed E-state index contributed by atoms with van der Waals surface area (Å²) in [6.07, 6.45) is 0.392. The summed E-state index contributed by atoms with van der Waals surface area (Å²) in [6, 6.07) is 7.51. The highest BCUT2D eigenvalue weighted by molar-refractivity contribution is 5.99. The number of nitrogens with one attached hydrogen (secondary N) is 1. The highest BCUT2D eigenvalue weighted by Crippen LogP contribution is 2.16. The van der Waals surface area contributed by atoms with Crippen molar-refractivity contribution in [2.75, 3.05) is 37.7 Å². The first-order valence-electron chi connectivity index (χ1n) is 6.93. The molecule has 0 aromatic heterocycles. The summed E-state index contributed by atoms with van der Waals surface area (Å²) in [5, 5.41) is 2.59. The van der Waals surface area contributed by atoms with Gasteiger partial charge in [-0.2, -0.15) is 0 Å². The number of morpholine rings is 1. The van der Waals surface area contributed by atoms with Crippen molar-refractivity contribution in [1.82, 2.24) is 5.32 Å². The first-order valence-corrected chi connectivity index (χ1v) is 6.93. The van der Waals surface area contributed by atoms with Crippen LogP contribution in [0.1, 0.15) is 23.7 Å². The van der Waals surface area contributed by atoms with Crippen molar-refractivity contribution >= 4 is 17.4 Å². The average molecular weight is 276 g/mol. The summed E-state index contributed by atoms with van der Waals surface area (Å²) in [7, 11) is 0. The number of rotatable bonds is 5. The van der Waals surface area contributed by atoms with Gasteiger partial charge >= 0.3 is 0 Å². The second-order valence-corrected chi connectivity index (χ2v) is 4.70. The fraction of sp³-hybridized carbons (Fsp3) is 0.467. The molecule has 0 unspecified atom stereocenters. The standard InChI is InChI=1S/C15H20N2O3/c1-2-15(19)16-11-14(18)12-3-5-13(6-4-12)17-7-9-20-10-8-17/h3-6H,2,7-11H2,1H3,(H,16,19). The zero-order chi connectivity index (χ0) is 14.4. The second kappa shape index (κ2) is 7.05. The molecule has 1 aliphatic heterocycles. The van der Waals surface area contributed by atoms with Crippen molar-refractivity contribution in [2.24, 2.45) is 0 Å². The Kier molecular flexibility index (Phi) is 5.12. The normalized spacial score (nSPS) is 14.9. The SMILES string of the molecule is CCC(=O)NCC(=O)c1ccc(N2CCOCC2)cc1. The van der Waals surface area contributed by atoms with Crippen LogP contribution < -0.4 is 10.2 Å². The highest BCUT2D eigenvalue weighted by Gasteiger charge is 2.12. The van der Waals surface area contributed by atoms with E-state index >= 15 is 0 Å².